The average molecular weight is 336 g/mol. The number of fused-ring (bicyclic) bond motifs is 1. The van der Waals surface area contributed by atoms with E-state index in [9.17, 15) is 4.79 Å². The van der Waals surface area contributed by atoms with Crippen molar-refractivity contribution in [2.75, 3.05) is 42.3 Å². The lowest BCUT2D eigenvalue weighted by molar-refractivity contribution is 0.0485. The van der Waals surface area contributed by atoms with Gasteiger partial charge in [-0.3, -0.25) is 4.79 Å². The van der Waals surface area contributed by atoms with Crippen molar-refractivity contribution < 1.29 is 33.2 Å². The van der Waals surface area contributed by atoms with Crippen molar-refractivity contribution in [2.24, 2.45) is 0 Å². The highest BCUT2D eigenvalue weighted by molar-refractivity contribution is 6.09. The Hall–Kier alpha value is -2.67. The number of hydrogen-bond donors (Lipinski definition) is 0. The molecule has 7 nitrogen and oxygen atoms in total. The van der Waals surface area contributed by atoms with E-state index in [4.69, 9.17) is 28.4 Å². The van der Waals surface area contributed by atoms with Gasteiger partial charge in [-0.15, -0.1) is 0 Å². The van der Waals surface area contributed by atoms with Crippen LogP contribution in [0, 0.1) is 0 Å². The smallest absolute Gasteiger partial charge is 0.188 e. The van der Waals surface area contributed by atoms with Crippen LogP contribution in [-0.2, 0) is 4.74 Å². The highest BCUT2D eigenvalue weighted by atomic mass is 16.7. The highest BCUT2D eigenvalue weighted by Crippen LogP contribution is 2.51. The minimum absolute atomic E-state index is 0.0574. The summed E-state index contributed by atoms with van der Waals surface area (Å²) in [5.41, 5.74) is 0.199. The summed E-state index contributed by atoms with van der Waals surface area (Å²) in [5.74, 6) is 1.90. The Morgan fingerprint density at radius 1 is 0.792 bits per heavy atom. The first-order chi connectivity index (χ1) is 11.7. The molecule has 0 N–H and O–H groups in total. The number of aldehydes is 1. The number of ether oxygens (including phenoxy) is 6. The van der Waals surface area contributed by atoms with Crippen LogP contribution in [0.4, 0.5) is 0 Å². The maximum atomic E-state index is 11.7. The molecule has 0 saturated carbocycles. The second-order valence-electron chi connectivity index (χ2n) is 4.70. The molecule has 7 heteroatoms. The number of rotatable bonds is 8. The Morgan fingerprint density at radius 2 is 1.33 bits per heavy atom. The minimum Gasteiger partial charge on any atom is -0.496 e. The molecule has 2 aromatic carbocycles. The first kappa shape index (κ1) is 17.7. The predicted molar refractivity (Wildman–Crippen MR) is 88.0 cm³/mol. The summed E-state index contributed by atoms with van der Waals surface area (Å²) in [5, 5.41) is 1.14. The van der Waals surface area contributed by atoms with Crippen LogP contribution < -0.4 is 23.7 Å². The minimum atomic E-state index is -0.0574. The number of carbonyl (C=O) groups excluding carboxylic acids is 1. The van der Waals surface area contributed by atoms with Crippen LogP contribution in [0.3, 0.4) is 0 Å². The van der Waals surface area contributed by atoms with E-state index in [2.05, 4.69) is 0 Å². The van der Waals surface area contributed by atoms with Gasteiger partial charge in [-0.2, -0.15) is 0 Å². The lowest BCUT2D eigenvalue weighted by atomic mass is 10.0. The van der Waals surface area contributed by atoms with Gasteiger partial charge in [0.25, 0.3) is 0 Å². The fraction of sp³-hybridized carbons (Fsp3) is 0.353. The van der Waals surface area contributed by atoms with Crippen molar-refractivity contribution in [2.45, 2.75) is 0 Å². The summed E-state index contributed by atoms with van der Waals surface area (Å²) in [6.07, 6.45) is 0.644. The van der Waals surface area contributed by atoms with Crippen LogP contribution >= 0.6 is 0 Å². The molecule has 0 bridgehead atoms. The number of benzene rings is 2. The van der Waals surface area contributed by atoms with E-state index in [1.165, 1.54) is 35.5 Å². The second kappa shape index (κ2) is 7.74. The zero-order valence-electron chi connectivity index (χ0n) is 14.3. The maximum absolute atomic E-state index is 11.7. The molecule has 0 aliphatic carbocycles. The Labute approximate surface area is 140 Å². The van der Waals surface area contributed by atoms with Gasteiger partial charge in [-0.1, -0.05) is 0 Å². The van der Waals surface area contributed by atoms with Gasteiger partial charge >= 0.3 is 0 Å². The largest absolute Gasteiger partial charge is 0.496 e. The SMILES string of the molecule is COCOc1c(C=O)c(OC)c2c(OC)ccc(OC)c2c1OC. The third-order valence-corrected chi connectivity index (χ3v) is 3.57. The van der Waals surface area contributed by atoms with Crippen LogP contribution in [0.5, 0.6) is 28.7 Å². The van der Waals surface area contributed by atoms with Crippen molar-refractivity contribution in [3.05, 3.63) is 17.7 Å². The van der Waals surface area contributed by atoms with Gasteiger partial charge in [0.15, 0.2) is 24.6 Å². The van der Waals surface area contributed by atoms with E-state index in [0.29, 0.717) is 40.1 Å². The first-order valence-corrected chi connectivity index (χ1v) is 7.07. The molecule has 0 fully saturated rings. The molecular weight excluding hydrogens is 316 g/mol. The standard InChI is InChI=1S/C17H20O7/c1-19-9-24-16-10(8-18)15(22-4)13-11(20-2)6-7-12(21-3)14(13)17(16)23-5/h6-8H,9H2,1-5H3. The van der Waals surface area contributed by atoms with Crippen molar-refractivity contribution >= 4 is 17.1 Å². The molecule has 0 unspecified atom stereocenters. The Morgan fingerprint density at radius 3 is 1.75 bits per heavy atom. The summed E-state index contributed by atoms with van der Waals surface area (Å²) >= 11 is 0. The number of methoxy groups -OCH3 is 5. The van der Waals surface area contributed by atoms with Gasteiger partial charge in [0, 0.05) is 7.11 Å². The fourth-order valence-corrected chi connectivity index (χ4v) is 2.60. The van der Waals surface area contributed by atoms with Gasteiger partial charge in [0.1, 0.15) is 22.8 Å². The Balaban J connectivity index is 3.03. The molecule has 2 aromatic rings. The molecule has 2 rings (SSSR count). The summed E-state index contributed by atoms with van der Waals surface area (Å²) in [7, 11) is 7.50. The van der Waals surface area contributed by atoms with Crippen LogP contribution in [0.25, 0.3) is 10.8 Å². The topological polar surface area (TPSA) is 72.5 Å². The van der Waals surface area contributed by atoms with Crippen LogP contribution in [-0.4, -0.2) is 48.6 Å². The third kappa shape index (κ3) is 2.78. The van der Waals surface area contributed by atoms with E-state index < -0.39 is 0 Å². The molecule has 0 saturated heterocycles. The van der Waals surface area contributed by atoms with E-state index in [0.717, 1.165) is 0 Å². The first-order valence-electron chi connectivity index (χ1n) is 7.07. The molecule has 130 valence electrons. The Bertz CT molecular complexity index is 740. The lowest BCUT2D eigenvalue weighted by Crippen LogP contribution is -2.07. The van der Waals surface area contributed by atoms with Crippen molar-refractivity contribution in [1.29, 1.82) is 0 Å². The predicted octanol–water partition coefficient (Wildman–Crippen LogP) is 2.67. The van der Waals surface area contributed by atoms with Crippen LogP contribution in [0.15, 0.2) is 12.1 Å². The molecule has 0 aliphatic heterocycles. The normalized spacial score (nSPS) is 10.4. The quantitative estimate of drug-likeness (QED) is 0.542. The molecular formula is C17H20O7. The van der Waals surface area contributed by atoms with Gasteiger partial charge in [-0.05, 0) is 12.1 Å². The molecule has 0 amide bonds. The second-order valence-corrected chi connectivity index (χ2v) is 4.70. The third-order valence-electron chi connectivity index (χ3n) is 3.57. The Kier molecular flexibility index (Phi) is 5.70. The molecule has 0 aliphatic rings. The monoisotopic (exact) mass is 336 g/mol. The van der Waals surface area contributed by atoms with Gasteiger partial charge in [-0.25, -0.2) is 0 Å². The molecule has 0 aromatic heterocycles. The summed E-state index contributed by atoms with van der Waals surface area (Å²) < 4.78 is 32.3. The number of hydrogen-bond acceptors (Lipinski definition) is 7. The zero-order chi connectivity index (χ0) is 17.7. The van der Waals surface area contributed by atoms with E-state index in [1.54, 1.807) is 12.1 Å². The van der Waals surface area contributed by atoms with E-state index >= 15 is 0 Å². The van der Waals surface area contributed by atoms with E-state index in [1.807, 2.05) is 0 Å². The summed E-state index contributed by atoms with van der Waals surface area (Å²) in [4.78, 5) is 11.7. The lowest BCUT2D eigenvalue weighted by Gasteiger charge is -2.20. The van der Waals surface area contributed by atoms with Crippen molar-refractivity contribution in [1.82, 2.24) is 0 Å². The van der Waals surface area contributed by atoms with E-state index in [-0.39, 0.29) is 18.1 Å². The molecule has 0 spiro atoms. The van der Waals surface area contributed by atoms with Gasteiger partial charge in [0.2, 0.25) is 0 Å². The molecule has 0 heterocycles. The zero-order valence-corrected chi connectivity index (χ0v) is 14.3. The van der Waals surface area contributed by atoms with Crippen LogP contribution in [0.2, 0.25) is 0 Å². The maximum Gasteiger partial charge on any atom is 0.188 e. The average Bonchev–Trinajstić information content (AvgIpc) is 2.63. The molecule has 0 atom stereocenters. The molecule has 0 radical (unpaired) electrons. The number of carbonyl (C=O) groups is 1. The van der Waals surface area contributed by atoms with Gasteiger partial charge < -0.3 is 28.4 Å². The highest BCUT2D eigenvalue weighted by Gasteiger charge is 2.27. The van der Waals surface area contributed by atoms with Crippen molar-refractivity contribution in [3.8, 4) is 28.7 Å². The van der Waals surface area contributed by atoms with Crippen molar-refractivity contribution in [3.63, 3.8) is 0 Å². The fourth-order valence-electron chi connectivity index (χ4n) is 2.60. The molecule has 24 heavy (non-hydrogen) atoms. The summed E-state index contributed by atoms with van der Waals surface area (Å²) in [6, 6.07) is 3.47. The van der Waals surface area contributed by atoms with Gasteiger partial charge in [0.05, 0.1) is 39.2 Å². The summed E-state index contributed by atoms with van der Waals surface area (Å²) in [6.45, 7) is -0.0574. The van der Waals surface area contributed by atoms with Crippen LogP contribution in [0.1, 0.15) is 10.4 Å².